The van der Waals surface area contributed by atoms with Gasteiger partial charge >= 0.3 is 6.09 Å². The Morgan fingerprint density at radius 2 is 2.11 bits per heavy atom. The first-order valence-electron chi connectivity index (χ1n) is 6.03. The van der Waals surface area contributed by atoms with Crippen molar-refractivity contribution in [3.63, 3.8) is 0 Å². The van der Waals surface area contributed by atoms with E-state index in [1.165, 1.54) is 0 Å². The molecular formula is C13H21N3O2. The van der Waals surface area contributed by atoms with E-state index in [1.807, 2.05) is 39.8 Å². The van der Waals surface area contributed by atoms with Gasteiger partial charge < -0.3 is 10.5 Å². The zero-order chi connectivity index (χ0) is 13.8. The molecule has 1 heterocycles. The van der Waals surface area contributed by atoms with Crippen molar-refractivity contribution in [1.82, 2.24) is 4.98 Å². The van der Waals surface area contributed by atoms with Gasteiger partial charge in [-0.05, 0) is 39.8 Å². The van der Waals surface area contributed by atoms with Crippen molar-refractivity contribution in [3.8, 4) is 0 Å². The van der Waals surface area contributed by atoms with E-state index in [0.29, 0.717) is 18.8 Å². The number of ether oxygens (including phenoxy) is 1. The van der Waals surface area contributed by atoms with Crippen LogP contribution in [-0.2, 0) is 11.3 Å². The third-order valence-electron chi connectivity index (χ3n) is 2.26. The summed E-state index contributed by atoms with van der Waals surface area (Å²) in [6.07, 6.45) is 1.27. The average molecular weight is 251 g/mol. The fraction of sp³-hybridized carbons (Fsp3) is 0.538. The summed E-state index contributed by atoms with van der Waals surface area (Å²) in [5, 5.41) is 0. The van der Waals surface area contributed by atoms with Crippen LogP contribution in [0.25, 0.3) is 0 Å². The molecule has 1 amide bonds. The zero-order valence-corrected chi connectivity index (χ0v) is 11.4. The maximum absolute atomic E-state index is 12.0. The van der Waals surface area contributed by atoms with Crippen molar-refractivity contribution in [2.24, 2.45) is 5.73 Å². The third-order valence-corrected chi connectivity index (χ3v) is 2.26. The molecule has 5 nitrogen and oxygen atoms in total. The van der Waals surface area contributed by atoms with Crippen molar-refractivity contribution < 1.29 is 9.53 Å². The Balaban J connectivity index is 2.85. The van der Waals surface area contributed by atoms with Crippen LogP contribution in [0.5, 0.6) is 0 Å². The maximum Gasteiger partial charge on any atom is 0.414 e. The maximum atomic E-state index is 12.0. The summed E-state index contributed by atoms with van der Waals surface area (Å²) in [6.45, 7) is 8.33. The van der Waals surface area contributed by atoms with Crippen LogP contribution in [0.3, 0.4) is 0 Å². The van der Waals surface area contributed by atoms with E-state index >= 15 is 0 Å². The number of carbonyl (C=O) groups is 1. The Morgan fingerprint density at radius 1 is 1.44 bits per heavy atom. The van der Waals surface area contributed by atoms with E-state index in [9.17, 15) is 4.79 Å². The van der Waals surface area contributed by atoms with E-state index in [1.54, 1.807) is 11.1 Å². The smallest absolute Gasteiger partial charge is 0.414 e. The summed E-state index contributed by atoms with van der Waals surface area (Å²) >= 11 is 0. The molecular weight excluding hydrogens is 230 g/mol. The molecule has 0 saturated heterocycles. The molecule has 0 atom stereocenters. The number of hydrogen-bond donors (Lipinski definition) is 1. The van der Waals surface area contributed by atoms with E-state index < -0.39 is 5.60 Å². The van der Waals surface area contributed by atoms with E-state index in [0.717, 1.165) is 5.69 Å². The number of anilines is 1. The summed E-state index contributed by atoms with van der Waals surface area (Å²) in [6, 6.07) is 3.63. The molecule has 1 rings (SSSR count). The van der Waals surface area contributed by atoms with Gasteiger partial charge in [0.05, 0.1) is 17.6 Å². The molecule has 2 N–H and O–H groups in total. The van der Waals surface area contributed by atoms with Crippen LogP contribution < -0.4 is 10.6 Å². The van der Waals surface area contributed by atoms with Gasteiger partial charge in [0.1, 0.15) is 5.60 Å². The van der Waals surface area contributed by atoms with Gasteiger partial charge in [0.25, 0.3) is 0 Å². The van der Waals surface area contributed by atoms with Crippen molar-refractivity contribution in [3.05, 3.63) is 24.0 Å². The van der Waals surface area contributed by atoms with Gasteiger partial charge in [-0.1, -0.05) is 0 Å². The van der Waals surface area contributed by atoms with Gasteiger partial charge in [-0.2, -0.15) is 0 Å². The second-order valence-electron chi connectivity index (χ2n) is 4.94. The van der Waals surface area contributed by atoms with Crippen molar-refractivity contribution >= 4 is 11.8 Å². The van der Waals surface area contributed by atoms with Crippen LogP contribution in [0.15, 0.2) is 18.3 Å². The van der Waals surface area contributed by atoms with Crippen LogP contribution >= 0.6 is 0 Å². The minimum atomic E-state index is -0.505. The highest BCUT2D eigenvalue weighted by Gasteiger charge is 2.22. The van der Waals surface area contributed by atoms with E-state index in [4.69, 9.17) is 10.5 Å². The Hall–Kier alpha value is -1.62. The van der Waals surface area contributed by atoms with Crippen molar-refractivity contribution in [2.45, 2.75) is 39.8 Å². The lowest BCUT2D eigenvalue weighted by Gasteiger charge is -2.26. The molecule has 0 radical (unpaired) electrons. The first kappa shape index (κ1) is 14.4. The van der Waals surface area contributed by atoms with Gasteiger partial charge in [-0.25, -0.2) is 4.79 Å². The molecule has 0 unspecified atom stereocenters. The standard InChI is InChI=1S/C13H21N3O2/c1-5-16(12(17)18-13(2,3)4)11-7-6-10(8-14)15-9-11/h6-7,9H,5,8,14H2,1-4H3. The van der Waals surface area contributed by atoms with Gasteiger partial charge in [0.2, 0.25) is 0 Å². The Bertz CT molecular complexity index is 396. The second-order valence-corrected chi connectivity index (χ2v) is 4.94. The fourth-order valence-corrected chi connectivity index (χ4v) is 1.43. The molecule has 0 aliphatic rings. The number of aromatic nitrogens is 1. The number of hydrogen-bond acceptors (Lipinski definition) is 4. The molecule has 0 saturated carbocycles. The molecule has 0 aliphatic heterocycles. The number of nitrogens with two attached hydrogens (primary N) is 1. The molecule has 0 fully saturated rings. The Kier molecular flexibility index (Phi) is 4.67. The molecule has 0 aromatic carbocycles. The van der Waals surface area contributed by atoms with Crippen LogP contribution in [0.4, 0.5) is 10.5 Å². The number of amides is 1. The highest BCUT2D eigenvalue weighted by atomic mass is 16.6. The molecule has 5 heteroatoms. The second kappa shape index (κ2) is 5.82. The van der Waals surface area contributed by atoms with E-state index in [2.05, 4.69) is 4.98 Å². The Labute approximate surface area is 108 Å². The monoisotopic (exact) mass is 251 g/mol. The number of carbonyl (C=O) groups excluding carboxylic acids is 1. The minimum Gasteiger partial charge on any atom is -0.443 e. The molecule has 100 valence electrons. The predicted octanol–water partition coefficient (Wildman–Crippen LogP) is 2.30. The predicted molar refractivity (Wildman–Crippen MR) is 71.4 cm³/mol. The number of nitrogens with zero attached hydrogens (tertiary/aromatic N) is 2. The van der Waals surface area contributed by atoms with Crippen molar-refractivity contribution in [2.75, 3.05) is 11.4 Å². The van der Waals surface area contributed by atoms with Gasteiger partial charge in [0, 0.05) is 13.1 Å². The molecule has 1 aromatic heterocycles. The van der Waals surface area contributed by atoms with Crippen molar-refractivity contribution in [1.29, 1.82) is 0 Å². The Morgan fingerprint density at radius 3 is 2.50 bits per heavy atom. The summed E-state index contributed by atoms with van der Waals surface area (Å²) < 4.78 is 5.34. The minimum absolute atomic E-state index is 0.368. The molecule has 0 spiro atoms. The molecule has 18 heavy (non-hydrogen) atoms. The van der Waals surface area contributed by atoms with E-state index in [-0.39, 0.29) is 6.09 Å². The largest absolute Gasteiger partial charge is 0.443 e. The van der Waals surface area contributed by atoms with Gasteiger partial charge in [-0.15, -0.1) is 0 Å². The zero-order valence-electron chi connectivity index (χ0n) is 11.4. The topological polar surface area (TPSA) is 68.5 Å². The summed E-state index contributed by atoms with van der Waals surface area (Å²) in [5.74, 6) is 0. The highest BCUT2D eigenvalue weighted by molar-refractivity contribution is 5.87. The molecule has 1 aromatic rings. The van der Waals surface area contributed by atoms with Crippen LogP contribution in [0, 0.1) is 0 Å². The van der Waals surface area contributed by atoms with Crippen LogP contribution in [0.1, 0.15) is 33.4 Å². The lowest BCUT2D eigenvalue weighted by Crippen LogP contribution is -2.36. The normalized spacial score (nSPS) is 11.2. The number of pyridine rings is 1. The van der Waals surface area contributed by atoms with Crippen LogP contribution in [0.2, 0.25) is 0 Å². The summed E-state index contributed by atoms with van der Waals surface area (Å²) in [5.41, 5.74) is 6.48. The molecule has 0 aliphatic carbocycles. The number of rotatable bonds is 3. The average Bonchev–Trinajstić information content (AvgIpc) is 2.28. The first-order valence-corrected chi connectivity index (χ1v) is 6.03. The summed E-state index contributed by atoms with van der Waals surface area (Å²) in [7, 11) is 0. The van der Waals surface area contributed by atoms with Crippen LogP contribution in [-0.4, -0.2) is 23.2 Å². The fourth-order valence-electron chi connectivity index (χ4n) is 1.43. The quantitative estimate of drug-likeness (QED) is 0.895. The van der Waals surface area contributed by atoms with Gasteiger partial charge in [0.15, 0.2) is 0 Å². The third kappa shape index (κ3) is 4.00. The lowest BCUT2D eigenvalue weighted by molar-refractivity contribution is 0.0582. The highest BCUT2D eigenvalue weighted by Crippen LogP contribution is 2.17. The lowest BCUT2D eigenvalue weighted by atomic mass is 10.2. The first-order chi connectivity index (χ1) is 8.37. The SMILES string of the molecule is CCN(C(=O)OC(C)(C)C)c1ccc(CN)nc1. The summed E-state index contributed by atoms with van der Waals surface area (Å²) in [4.78, 5) is 17.7. The van der Waals surface area contributed by atoms with Gasteiger partial charge in [-0.3, -0.25) is 9.88 Å². The molecule has 0 bridgehead atoms.